The molecule has 4 bridgehead atoms. The fourth-order valence-electron chi connectivity index (χ4n) is 6.01. The van der Waals surface area contributed by atoms with Gasteiger partial charge in [-0.25, -0.2) is 0 Å². The van der Waals surface area contributed by atoms with E-state index in [-0.39, 0.29) is 11.3 Å². The van der Waals surface area contributed by atoms with Crippen LogP contribution in [0.5, 0.6) is 11.5 Å². The molecule has 0 spiro atoms. The summed E-state index contributed by atoms with van der Waals surface area (Å²) >= 11 is 1.55. The Morgan fingerprint density at radius 1 is 1.07 bits per heavy atom. The molecule has 0 unspecified atom stereocenters. The van der Waals surface area contributed by atoms with Crippen LogP contribution in [0.25, 0.3) is 0 Å². The van der Waals surface area contributed by atoms with Gasteiger partial charge in [-0.3, -0.25) is 10.1 Å². The van der Waals surface area contributed by atoms with Crippen LogP contribution in [0.15, 0.2) is 18.2 Å². The van der Waals surface area contributed by atoms with E-state index in [1.807, 2.05) is 0 Å². The van der Waals surface area contributed by atoms with Crippen LogP contribution in [-0.2, 0) is 5.41 Å². The van der Waals surface area contributed by atoms with Crippen molar-refractivity contribution < 1.29 is 14.3 Å². The van der Waals surface area contributed by atoms with E-state index in [1.54, 1.807) is 43.8 Å². The highest BCUT2D eigenvalue weighted by Gasteiger charge is 2.53. The second-order valence-corrected chi connectivity index (χ2v) is 9.61. The molecule has 28 heavy (non-hydrogen) atoms. The number of hydrogen-bond acceptors (Lipinski definition) is 6. The first-order valence-electron chi connectivity index (χ1n) is 9.96. The van der Waals surface area contributed by atoms with Crippen molar-refractivity contribution in [3.05, 3.63) is 28.8 Å². The van der Waals surface area contributed by atoms with E-state index in [1.165, 1.54) is 38.5 Å². The van der Waals surface area contributed by atoms with Gasteiger partial charge in [0.25, 0.3) is 5.91 Å². The molecule has 2 aromatic rings. The van der Waals surface area contributed by atoms with Gasteiger partial charge in [0.05, 0.1) is 19.8 Å². The highest BCUT2D eigenvalue weighted by Crippen LogP contribution is 2.61. The highest BCUT2D eigenvalue weighted by molar-refractivity contribution is 7.15. The Hall–Kier alpha value is -2.15. The predicted molar refractivity (Wildman–Crippen MR) is 107 cm³/mol. The highest BCUT2D eigenvalue weighted by atomic mass is 32.1. The SMILES string of the molecule is COc1ccc(C(=O)Nc2nnc(C34CC5CC(CC(C5)C3)C4)s2)c(OC)c1. The summed E-state index contributed by atoms with van der Waals surface area (Å²) in [6, 6.07) is 5.16. The van der Waals surface area contributed by atoms with Gasteiger partial charge in [-0.2, -0.15) is 0 Å². The fourth-order valence-corrected chi connectivity index (χ4v) is 6.97. The molecule has 6 nitrogen and oxygen atoms in total. The molecule has 1 amide bonds. The number of carbonyl (C=O) groups is 1. The molecule has 1 heterocycles. The van der Waals surface area contributed by atoms with Gasteiger partial charge in [0.2, 0.25) is 5.13 Å². The number of ether oxygens (including phenoxy) is 2. The molecule has 0 atom stereocenters. The van der Waals surface area contributed by atoms with Crippen molar-refractivity contribution in [2.75, 3.05) is 19.5 Å². The van der Waals surface area contributed by atoms with Gasteiger partial charge < -0.3 is 9.47 Å². The van der Waals surface area contributed by atoms with Crippen molar-refractivity contribution in [1.82, 2.24) is 10.2 Å². The first kappa shape index (κ1) is 17.9. The van der Waals surface area contributed by atoms with Gasteiger partial charge in [-0.1, -0.05) is 11.3 Å². The van der Waals surface area contributed by atoms with Gasteiger partial charge in [0.1, 0.15) is 16.5 Å². The number of anilines is 1. The predicted octanol–water partition coefficient (Wildman–Crippen LogP) is 4.28. The third kappa shape index (κ3) is 2.96. The maximum absolute atomic E-state index is 12.8. The number of amides is 1. The lowest BCUT2D eigenvalue weighted by atomic mass is 9.50. The number of nitrogens with zero attached hydrogens (tertiary/aromatic N) is 2. The topological polar surface area (TPSA) is 73.3 Å². The molecule has 4 fully saturated rings. The van der Waals surface area contributed by atoms with Crippen molar-refractivity contribution >= 4 is 22.4 Å². The minimum absolute atomic E-state index is 0.202. The Labute approximate surface area is 168 Å². The van der Waals surface area contributed by atoms with Crippen molar-refractivity contribution in [2.45, 2.75) is 43.9 Å². The quantitative estimate of drug-likeness (QED) is 0.813. The third-order valence-electron chi connectivity index (χ3n) is 6.79. The maximum atomic E-state index is 12.8. The van der Waals surface area contributed by atoms with E-state index in [2.05, 4.69) is 15.5 Å². The summed E-state index contributed by atoms with van der Waals surface area (Å²) in [6.07, 6.45) is 7.94. The average molecular weight is 400 g/mol. The Bertz CT molecular complexity index is 875. The summed E-state index contributed by atoms with van der Waals surface area (Å²) in [4.78, 5) is 12.8. The second kappa shape index (κ2) is 6.72. The summed E-state index contributed by atoms with van der Waals surface area (Å²) < 4.78 is 10.5. The molecule has 0 saturated heterocycles. The number of aromatic nitrogens is 2. The molecular weight excluding hydrogens is 374 g/mol. The first-order chi connectivity index (χ1) is 13.6. The van der Waals surface area contributed by atoms with Gasteiger partial charge in [-0.05, 0) is 68.4 Å². The zero-order valence-electron chi connectivity index (χ0n) is 16.2. The molecule has 4 saturated carbocycles. The molecule has 1 aromatic heterocycles. The smallest absolute Gasteiger partial charge is 0.261 e. The number of methoxy groups -OCH3 is 2. The number of rotatable bonds is 5. The van der Waals surface area contributed by atoms with Crippen LogP contribution >= 0.6 is 11.3 Å². The van der Waals surface area contributed by atoms with E-state index in [9.17, 15) is 4.79 Å². The zero-order chi connectivity index (χ0) is 19.3. The third-order valence-corrected chi connectivity index (χ3v) is 7.88. The van der Waals surface area contributed by atoms with Crippen molar-refractivity contribution in [3.63, 3.8) is 0 Å². The Balaban J connectivity index is 1.35. The van der Waals surface area contributed by atoms with Gasteiger partial charge >= 0.3 is 0 Å². The molecule has 4 aliphatic rings. The maximum Gasteiger partial charge on any atom is 0.261 e. The van der Waals surface area contributed by atoms with Crippen molar-refractivity contribution in [3.8, 4) is 11.5 Å². The molecule has 0 radical (unpaired) electrons. The van der Waals surface area contributed by atoms with Crippen LogP contribution in [0.4, 0.5) is 5.13 Å². The normalized spacial score (nSPS) is 30.3. The largest absolute Gasteiger partial charge is 0.497 e. The molecular formula is C21H25N3O3S. The molecule has 1 aromatic carbocycles. The van der Waals surface area contributed by atoms with E-state index in [0.717, 1.165) is 22.8 Å². The molecule has 7 heteroatoms. The summed E-state index contributed by atoms with van der Waals surface area (Å²) in [6.45, 7) is 0. The minimum atomic E-state index is -0.243. The lowest BCUT2D eigenvalue weighted by molar-refractivity contribution is -0.00555. The van der Waals surface area contributed by atoms with E-state index < -0.39 is 0 Å². The van der Waals surface area contributed by atoms with Crippen LogP contribution in [0.2, 0.25) is 0 Å². The minimum Gasteiger partial charge on any atom is -0.497 e. The molecule has 0 aliphatic heterocycles. The van der Waals surface area contributed by atoms with Gasteiger partial charge in [-0.15, -0.1) is 10.2 Å². The summed E-state index contributed by atoms with van der Waals surface area (Å²) in [5, 5.41) is 13.4. The Morgan fingerprint density at radius 2 is 1.75 bits per heavy atom. The zero-order valence-corrected chi connectivity index (χ0v) is 17.1. The monoisotopic (exact) mass is 399 g/mol. The summed E-state index contributed by atoms with van der Waals surface area (Å²) in [7, 11) is 3.13. The Kier molecular flexibility index (Phi) is 4.30. The van der Waals surface area contributed by atoms with Crippen LogP contribution in [-0.4, -0.2) is 30.3 Å². The second-order valence-electron chi connectivity index (χ2n) is 8.63. The molecule has 6 rings (SSSR count). The van der Waals surface area contributed by atoms with E-state index >= 15 is 0 Å². The van der Waals surface area contributed by atoms with Gasteiger partial charge in [0.15, 0.2) is 0 Å². The molecule has 148 valence electrons. The summed E-state index contributed by atoms with van der Waals surface area (Å²) in [5.41, 5.74) is 0.655. The van der Waals surface area contributed by atoms with Crippen molar-refractivity contribution in [2.24, 2.45) is 17.8 Å². The number of hydrogen-bond donors (Lipinski definition) is 1. The van der Waals surface area contributed by atoms with E-state index in [0.29, 0.717) is 22.2 Å². The number of nitrogens with one attached hydrogen (secondary N) is 1. The summed E-state index contributed by atoms with van der Waals surface area (Å²) in [5.74, 6) is 3.45. The van der Waals surface area contributed by atoms with Crippen LogP contribution in [0.3, 0.4) is 0 Å². The first-order valence-corrected chi connectivity index (χ1v) is 10.8. The van der Waals surface area contributed by atoms with Gasteiger partial charge in [0, 0.05) is 11.5 Å². The van der Waals surface area contributed by atoms with Crippen LogP contribution < -0.4 is 14.8 Å². The van der Waals surface area contributed by atoms with Crippen molar-refractivity contribution in [1.29, 1.82) is 0 Å². The fraction of sp³-hybridized carbons (Fsp3) is 0.571. The Morgan fingerprint density at radius 3 is 2.36 bits per heavy atom. The molecule has 1 N–H and O–H groups in total. The van der Waals surface area contributed by atoms with Crippen LogP contribution in [0, 0.1) is 17.8 Å². The molecule has 4 aliphatic carbocycles. The number of carbonyl (C=O) groups excluding carboxylic acids is 1. The lowest BCUT2D eigenvalue weighted by Gasteiger charge is -2.55. The van der Waals surface area contributed by atoms with Crippen LogP contribution in [0.1, 0.15) is 53.9 Å². The standard InChI is InChI=1S/C21H25N3O3S/c1-26-15-3-4-16(17(8-15)27-2)18(25)22-20-24-23-19(28-20)21-9-12-5-13(10-21)7-14(6-12)11-21/h3-4,8,12-14H,5-7,9-11H2,1-2H3,(H,22,24,25). The number of benzene rings is 1. The lowest BCUT2D eigenvalue weighted by Crippen LogP contribution is -2.48. The average Bonchev–Trinajstić information content (AvgIpc) is 3.15. The van der Waals surface area contributed by atoms with E-state index in [4.69, 9.17) is 9.47 Å².